The number of rotatable bonds is 8. The Kier molecular flexibility index (Phi) is 7.06. The van der Waals surface area contributed by atoms with Crippen molar-refractivity contribution in [3.8, 4) is 18.2 Å². The Morgan fingerprint density at radius 1 is 1.02 bits per heavy atom. The highest BCUT2D eigenvalue weighted by atomic mass is 19.4. The van der Waals surface area contributed by atoms with E-state index in [1.807, 2.05) is 24.3 Å². The maximum atomic E-state index is 14.0. The van der Waals surface area contributed by atoms with E-state index < -0.39 is 23.2 Å². The minimum absolute atomic E-state index is 0.0258. The molecule has 45 heavy (non-hydrogen) atoms. The molecule has 0 saturated heterocycles. The van der Waals surface area contributed by atoms with E-state index >= 15 is 0 Å². The Hall–Kier alpha value is -4.99. The summed E-state index contributed by atoms with van der Waals surface area (Å²) in [5.74, 6) is 0. The molecule has 3 aromatic rings. The molecule has 3 aliphatic rings. The van der Waals surface area contributed by atoms with Crippen LogP contribution in [0.2, 0.25) is 0 Å². The number of halogens is 3. The minimum Gasteiger partial charge on any atom is -0.383 e. The van der Waals surface area contributed by atoms with Crippen LogP contribution in [0.15, 0.2) is 54.5 Å². The van der Waals surface area contributed by atoms with Crippen LogP contribution in [0.3, 0.4) is 0 Å². The number of aromatic nitrogens is 1. The van der Waals surface area contributed by atoms with Gasteiger partial charge >= 0.3 is 6.18 Å². The quantitative estimate of drug-likeness (QED) is 0.228. The van der Waals surface area contributed by atoms with Gasteiger partial charge in [-0.3, -0.25) is 9.99 Å². The van der Waals surface area contributed by atoms with Gasteiger partial charge < -0.3 is 16.1 Å². The Morgan fingerprint density at radius 3 is 2.36 bits per heavy atom. The summed E-state index contributed by atoms with van der Waals surface area (Å²) >= 11 is 0. The van der Waals surface area contributed by atoms with Crippen LogP contribution in [-0.2, 0) is 5.41 Å². The summed E-state index contributed by atoms with van der Waals surface area (Å²) in [7, 11) is 0. The molecule has 0 spiro atoms. The van der Waals surface area contributed by atoms with Gasteiger partial charge in [0, 0.05) is 30.0 Å². The Balaban J connectivity index is 1.45. The number of alkyl halides is 3. The van der Waals surface area contributed by atoms with Crippen molar-refractivity contribution in [3.63, 3.8) is 0 Å². The number of anilines is 2. The largest absolute Gasteiger partial charge is 0.413 e. The molecule has 4 N–H and O–H groups in total. The maximum absolute atomic E-state index is 14.0. The number of hydrogen-bond donors (Lipinski definition) is 4. The normalized spacial score (nSPS) is 18.6. The van der Waals surface area contributed by atoms with Crippen molar-refractivity contribution in [2.45, 2.75) is 69.6 Å². The third-order valence-electron chi connectivity index (χ3n) is 8.67. The van der Waals surface area contributed by atoms with Gasteiger partial charge in [0.15, 0.2) is 5.54 Å². The molecular weight excluding hydrogens is 579 g/mol. The van der Waals surface area contributed by atoms with Crippen molar-refractivity contribution in [1.82, 2.24) is 21.0 Å². The lowest BCUT2D eigenvalue weighted by atomic mass is 9.93. The van der Waals surface area contributed by atoms with E-state index in [0.717, 1.165) is 29.0 Å². The first-order chi connectivity index (χ1) is 21.3. The van der Waals surface area contributed by atoms with Crippen LogP contribution in [0.25, 0.3) is 10.9 Å². The van der Waals surface area contributed by atoms with Crippen molar-refractivity contribution in [2.75, 3.05) is 17.2 Å². The maximum Gasteiger partial charge on any atom is 0.413 e. The molecule has 2 fully saturated rings. The second-order valence-corrected chi connectivity index (χ2v) is 13.2. The average molecular weight is 612 g/mol. The van der Waals surface area contributed by atoms with Gasteiger partial charge in [-0.25, -0.2) is 0 Å². The highest BCUT2D eigenvalue weighted by molar-refractivity contribution is 5.99. The third-order valence-corrected chi connectivity index (χ3v) is 8.67. The molecule has 12 heteroatoms. The molecule has 1 aromatic heterocycles. The second-order valence-electron chi connectivity index (χ2n) is 13.2. The summed E-state index contributed by atoms with van der Waals surface area (Å²) in [5, 5.41) is 38.2. The SMILES string of the molecule is CC(C)(C)CNc1c(C#N)cnc2c(C#N)cc(N[C@H](C3=CN(C4(C(F)(F)F)CC4)NN3)c3cccc(C4(C#N)CC4)c3)cc12. The van der Waals surface area contributed by atoms with Gasteiger partial charge in [0.25, 0.3) is 0 Å². The highest BCUT2D eigenvalue weighted by Crippen LogP contribution is 2.54. The topological polar surface area (TPSA) is 136 Å². The molecule has 2 heterocycles. The van der Waals surface area contributed by atoms with E-state index in [0.29, 0.717) is 40.1 Å². The van der Waals surface area contributed by atoms with Crippen molar-refractivity contribution in [2.24, 2.45) is 5.41 Å². The average Bonchev–Trinajstić information content (AvgIpc) is 3.94. The van der Waals surface area contributed by atoms with Gasteiger partial charge in [-0.1, -0.05) is 45.0 Å². The van der Waals surface area contributed by atoms with Crippen molar-refractivity contribution in [1.29, 1.82) is 15.8 Å². The molecule has 0 unspecified atom stereocenters. The Bertz CT molecular complexity index is 1830. The fourth-order valence-electron chi connectivity index (χ4n) is 5.70. The molecule has 9 nitrogen and oxygen atoms in total. The van der Waals surface area contributed by atoms with E-state index in [1.54, 1.807) is 12.1 Å². The van der Waals surface area contributed by atoms with Crippen LogP contribution in [-0.4, -0.2) is 28.3 Å². The minimum atomic E-state index is -4.43. The smallest absolute Gasteiger partial charge is 0.383 e. The lowest BCUT2D eigenvalue weighted by Gasteiger charge is -2.28. The van der Waals surface area contributed by atoms with Gasteiger partial charge in [-0.05, 0) is 54.4 Å². The number of fused-ring (bicyclic) bond motifs is 1. The zero-order valence-electron chi connectivity index (χ0n) is 25.1. The first kappa shape index (κ1) is 30.1. The number of nitriles is 3. The van der Waals surface area contributed by atoms with Crippen molar-refractivity contribution in [3.05, 3.63) is 76.7 Å². The molecule has 6 rings (SSSR count). The first-order valence-electron chi connectivity index (χ1n) is 14.7. The molecule has 2 aliphatic carbocycles. The van der Waals surface area contributed by atoms with Crippen molar-refractivity contribution < 1.29 is 13.2 Å². The standard InChI is InChI=1S/C33H32F3N9/c1-30(2,3)19-41-28-22(15-38)16-40-27-21(14-37)12-24(13-25(27)28)42-29(20-5-4-6-23(11-20)31(18-39)7-8-31)26-17-45(44-43-26)32(9-10-32)33(34,35)36/h4-6,11-13,16-17,29,42-44H,7-10,19H2,1-3H3,(H,40,41)/t29-/m0/s1. The predicted octanol–water partition coefficient (Wildman–Crippen LogP) is 6.41. The number of pyridine rings is 1. The van der Waals surface area contributed by atoms with Gasteiger partial charge in [-0.2, -0.15) is 29.0 Å². The Morgan fingerprint density at radius 2 is 1.76 bits per heavy atom. The molecule has 1 aliphatic heterocycles. The summed E-state index contributed by atoms with van der Waals surface area (Å²) in [6.45, 7) is 6.73. The summed E-state index contributed by atoms with van der Waals surface area (Å²) < 4.78 is 42.0. The van der Waals surface area contributed by atoms with E-state index in [-0.39, 0.29) is 23.8 Å². The van der Waals surface area contributed by atoms with Gasteiger partial charge in [0.05, 0.1) is 45.6 Å². The van der Waals surface area contributed by atoms with Crippen LogP contribution in [0, 0.1) is 39.4 Å². The van der Waals surface area contributed by atoms with E-state index in [1.165, 1.54) is 12.4 Å². The fraction of sp³-hybridized carbons (Fsp3) is 0.394. The number of hydrazine groups is 2. The molecule has 230 valence electrons. The summed E-state index contributed by atoms with van der Waals surface area (Å²) in [5.41, 5.74) is 7.05. The monoisotopic (exact) mass is 611 g/mol. The predicted molar refractivity (Wildman–Crippen MR) is 163 cm³/mol. The van der Waals surface area contributed by atoms with E-state index in [2.05, 4.69) is 65.6 Å². The van der Waals surface area contributed by atoms with Gasteiger partial charge in [0.1, 0.15) is 12.1 Å². The van der Waals surface area contributed by atoms with E-state index in [9.17, 15) is 29.0 Å². The van der Waals surface area contributed by atoms with Gasteiger partial charge in [0.2, 0.25) is 0 Å². The number of benzene rings is 2. The summed E-state index contributed by atoms with van der Waals surface area (Å²) in [4.78, 5) is 4.42. The zero-order chi connectivity index (χ0) is 32.2. The lowest BCUT2D eigenvalue weighted by Crippen LogP contribution is -2.52. The molecule has 2 aromatic carbocycles. The second kappa shape index (κ2) is 10.6. The summed E-state index contributed by atoms with van der Waals surface area (Å²) in [6, 6.07) is 17.0. The fourth-order valence-corrected chi connectivity index (χ4v) is 5.70. The van der Waals surface area contributed by atoms with Gasteiger partial charge in [-0.15, -0.1) is 5.53 Å². The third kappa shape index (κ3) is 5.45. The first-order valence-corrected chi connectivity index (χ1v) is 14.7. The lowest BCUT2D eigenvalue weighted by molar-refractivity contribution is -0.195. The summed E-state index contributed by atoms with van der Waals surface area (Å²) in [6.07, 6.45) is -0.123. The van der Waals surface area contributed by atoms with Crippen molar-refractivity contribution >= 4 is 22.3 Å². The number of nitrogens with one attached hydrogen (secondary N) is 4. The number of hydrogen-bond acceptors (Lipinski definition) is 9. The molecule has 2 saturated carbocycles. The van der Waals surface area contributed by atoms with Crippen LogP contribution in [0.4, 0.5) is 24.5 Å². The molecule has 0 amide bonds. The van der Waals surface area contributed by atoms with E-state index in [4.69, 9.17) is 0 Å². The van der Waals surface area contributed by atoms with Crippen LogP contribution < -0.4 is 21.6 Å². The molecular formula is C33H32F3N9. The zero-order valence-corrected chi connectivity index (χ0v) is 25.1. The van der Waals surface area contributed by atoms with Crippen LogP contribution >= 0.6 is 0 Å². The van der Waals surface area contributed by atoms with Crippen LogP contribution in [0.5, 0.6) is 0 Å². The van der Waals surface area contributed by atoms with Crippen LogP contribution in [0.1, 0.15) is 74.8 Å². The molecule has 0 bridgehead atoms. The number of nitrogens with zero attached hydrogens (tertiary/aromatic N) is 5. The molecule has 1 atom stereocenters. The molecule has 0 radical (unpaired) electrons. The highest BCUT2D eigenvalue weighted by Gasteiger charge is 2.67. The Labute approximate surface area is 259 Å².